The molecule has 16 heavy (non-hydrogen) atoms. The summed E-state index contributed by atoms with van der Waals surface area (Å²) in [5.74, 6) is -0.220. The van der Waals surface area contributed by atoms with E-state index in [2.05, 4.69) is 22.2 Å². The fraction of sp³-hybridized carbons (Fsp3) is 0.308. The van der Waals surface area contributed by atoms with Crippen molar-refractivity contribution in [3.63, 3.8) is 0 Å². The van der Waals surface area contributed by atoms with Crippen LogP contribution in [0.5, 0.6) is 0 Å². The summed E-state index contributed by atoms with van der Waals surface area (Å²) in [6.07, 6.45) is 4.05. The van der Waals surface area contributed by atoms with Gasteiger partial charge in [-0.25, -0.2) is 0 Å². The molecule has 0 bridgehead atoms. The Morgan fingerprint density at radius 2 is 2.31 bits per heavy atom. The van der Waals surface area contributed by atoms with Crippen LogP contribution in [0, 0.1) is 0 Å². The van der Waals surface area contributed by atoms with Crippen LogP contribution in [0.25, 0.3) is 6.08 Å². The molecule has 0 aliphatic carbocycles. The van der Waals surface area contributed by atoms with E-state index < -0.39 is 0 Å². The summed E-state index contributed by atoms with van der Waals surface area (Å²) in [6.45, 7) is 0.846. The van der Waals surface area contributed by atoms with Crippen molar-refractivity contribution in [3.05, 3.63) is 41.5 Å². The highest BCUT2D eigenvalue weighted by Gasteiger charge is 1.95. The van der Waals surface area contributed by atoms with Gasteiger partial charge >= 0.3 is 5.97 Å². The average Bonchev–Trinajstić information content (AvgIpc) is 2.30. The van der Waals surface area contributed by atoms with E-state index in [4.69, 9.17) is 0 Å². The van der Waals surface area contributed by atoms with Gasteiger partial charge < -0.3 is 10.1 Å². The molecule has 0 heterocycles. The highest BCUT2D eigenvalue weighted by atomic mass is 16.5. The van der Waals surface area contributed by atoms with Gasteiger partial charge in [0.05, 0.1) is 13.5 Å². The monoisotopic (exact) mass is 219 g/mol. The normalized spacial score (nSPS) is 10.6. The maximum atomic E-state index is 10.9. The summed E-state index contributed by atoms with van der Waals surface area (Å²) in [4.78, 5) is 10.9. The molecule has 1 aromatic rings. The van der Waals surface area contributed by atoms with Crippen LogP contribution in [0.4, 0.5) is 0 Å². The van der Waals surface area contributed by atoms with Crippen LogP contribution in [0.2, 0.25) is 0 Å². The van der Waals surface area contributed by atoms with Gasteiger partial charge in [-0.2, -0.15) is 0 Å². The van der Waals surface area contributed by atoms with Crippen LogP contribution in [0.1, 0.15) is 17.5 Å². The molecule has 0 amide bonds. The van der Waals surface area contributed by atoms with Crippen LogP contribution in [-0.2, 0) is 16.1 Å². The highest BCUT2D eigenvalue weighted by molar-refractivity contribution is 5.72. The van der Waals surface area contributed by atoms with Gasteiger partial charge in [0, 0.05) is 6.54 Å². The van der Waals surface area contributed by atoms with Crippen LogP contribution < -0.4 is 5.32 Å². The van der Waals surface area contributed by atoms with Crippen molar-refractivity contribution >= 4 is 12.0 Å². The maximum Gasteiger partial charge on any atom is 0.309 e. The SMILES string of the molecule is CNCc1cccc(C=CCC(=O)OC)c1. The first-order valence-corrected chi connectivity index (χ1v) is 5.23. The second-order valence-corrected chi connectivity index (χ2v) is 3.46. The van der Waals surface area contributed by atoms with Gasteiger partial charge in [0.25, 0.3) is 0 Å². The lowest BCUT2D eigenvalue weighted by Gasteiger charge is -2.01. The van der Waals surface area contributed by atoms with Crippen molar-refractivity contribution in [2.45, 2.75) is 13.0 Å². The number of hydrogen-bond acceptors (Lipinski definition) is 3. The highest BCUT2D eigenvalue weighted by Crippen LogP contribution is 2.07. The number of carbonyl (C=O) groups is 1. The zero-order valence-corrected chi connectivity index (χ0v) is 9.69. The quantitative estimate of drug-likeness (QED) is 0.770. The minimum atomic E-state index is -0.220. The minimum Gasteiger partial charge on any atom is -0.469 e. The summed E-state index contributed by atoms with van der Waals surface area (Å²) in [5.41, 5.74) is 2.32. The number of methoxy groups -OCH3 is 1. The molecule has 86 valence electrons. The molecule has 0 unspecified atom stereocenters. The van der Waals surface area contributed by atoms with Gasteiger partial charge in [-0.05, 0) is 18.2 Å². The standard InChI is InChI=1S/C13H17NO2/c1-14-10-12-7-3-5-11(9-12)6-4-8-13(15)16-2/h3-7,9,14H,8,10H2,1-2H3. The molecule has 1 N–H and O–H groups in total. The number of ether oxygens (including phenoxy) is 1. The van der Waals surface area contributed by atoms with Crippen molar-refractivity contribution in [1.29, 1.82) is 0 Å². The molecule has 0 fully saturated rings. The molecule has 0 saturated heterocycles. The van der Waals surface area contributed by atoms with Crippen LogP contribution in [0.3, 0.4) is 0 Å². The fourth-order valence-electron chi connectivity index (χ4n) is 1.39. The summed E-state index contributed by atoms with van der Waals surface area (Å²) >= 11 is 0. The Hall–Kier alpha value is -1.61. The number of benzene rings is 1. The van der Waals surface area contributed by atoms with Gasteiger partial charge in [0.1, 0.15) is 0 Å². The molecular weight excluding hydrogens is 202 g/mol. The molecule has 1 aromatic carbocycles. The Morgan fingerprint density at radius 3 is 3.00 bits per heavy atom. The van der Waals surface area contributed by atoms with Gasteiger partial charge in [0.2, 0.25) is 0 Å². The smallest absolute Gasteiger partial charge is 0.309 e. The van der Waals surface area contributed by atoms with E-state index in [0.717, 1.165) is 12.1 Å². The Morgan fingerprint density at radius 1 is 1.50 bits per heavy atom. The fourth-order valence-corrected chi connectivity index (χ4v) is 1.39. The molecule has 3 nitrogen and oxygen atoms in total. The summed E-state index contributed by atoms with van der Waals surface area (Å²) in [5, 5.41) is 3.10. The number of nitrogens with one attached hydrogen (secondary N) is 1. The number of hydrogen-bond donors (Lipinski definition) is 1. The first-order chi connectivity index (χ1) is 7.76. The largest absolute Gasteiger partial charge is 0.469 e. The summed E-state index contributed by atoms with van der Waals surface area (Å²) in [7, 11) is 3.31. The van der Waals surface area contributed by atoms with E-state index in [1.807, 2.05) is 31.3 Å². The molecule has 1 rings (SSSR count). The molecule has 0 radical (unpaired) electrons. The van der Waals surface area contributed by atoms with Gasteiger partial charge in [-0.15, -0.1) is 0 Å². The van der Waals surface area contributed by atoms with Crippen molar-refractivity contribution in [2.75, 3.05) is 14.2 Å². The van der Waals surface area contributed by atoms with E-state index in [0.29, 0.717) is 6.42 Å². The lowest BCUT2D eigenvalue weighted by molar-refractivity contribution is -0.139. The third-order valence-electron chi connectivity index (χ3n) is 2.15. The Labute approximate surface area is 96.1 Å². The molecule has 0 spiro atoms. The van der Waals surface area contributed by atoms with Gasteiger partial charge in [-0.1, -0.05) is 36.4 Å². The van der Waals surface area contributed by atoms with Crippen molar-refractivity contribution in [3.8, 4) is 0 Å². The van der Waals surface area contributed by atoms with E-state index >= 15 is 0 Å². The van der Waals surface area contributed by atoms with Crippen molar-refractivity contribution in [1.82, 2.24) is 5.32 Å². The molecule has 0 saturated carbocycles. The third kappa shape index (κ3) is 4.28. The maximum absolute atomic E-state index is 10.9. The summed E-state index contributed by atoms with van der Waals surface area (Å²) < 4.78 is 4.55. The topological polar surface area (TPSA) is 38.3 Å². The molecule has 0 atom stereocenters. The summed E-state index contributed by atoms with van der Waals surface area (Å²) in [6, 6.07) is 8.16. The lowest BCUT2D eigenvalue weighted by atomic mass is 10.1. The van der Waals surface area contributed by atoms with E-state index in [-0.39, 0.29) is 5.97 Å². The van der Waals surface area contributed by atoms with E-state index in [1.54, 1.807) is 0 Å². The molecule has 0 aromatic heterocycles. The van der Waals surface area contributed by atoms with E-state index in [1.165, 1.54) is 12.7 Å². The minimum absolute atomic E-state index is 0.220. The van der Waals surface area contributed by atoms with Gasteiger partial charge in [-0.3, -0.25) is 4.79 Å². The van der Waals surface area contributed by atoms with Crippen molar-refractivity contribution in [2.24, 2.45) is 0 Å². The second-order valence-electron chi connectivity index (χ2n) is 3.46. The van der Waals surface area contributed by atoms with Crippen LogP contribution in [-0.4, -0.2) is 20.1 Å². The Kier molecular flexibility index (Phi) is 5.29. The van der Waals surface area contributed by atoms with E-state index in [9.17, 15) is 4.79 Å². The number of esters is 1. The number of rotatable bonds is 5. The van der Waals surface area contributed by atoms with Crippen molar-refractivity contribution < 1.29 is 9.53 Å². The zero-order chi connectivity index (χ0) is 11.8. The average molecular weight is 219 g/mol. The molecular formula is C13H17NO2. The third-order valence-corrected chi connectivity index (χ3v) is 2.15. The molecule has 3 heteroatoms. The molecule has 0 aliphatic rings. The molecule has 0 aliphatic heterocycles. The second kappa shape index (κ2) is 6.80. The lowest BCUT2D eigenvalue weighted by Crippen LogP contribution is -2.04. The predicted octanol–water partition coefficient (Wildman–Crippen LogP) is 1.98. The van der Waals surface area contributed by atoms with Gasteiger partial charge in [0.15, 0.2) is 0 Å². The first kappa shape index (κ1) is 12.5. The van der Waals surface area contributed by atoms with Crippen LogP contribution in [0.15, 0.2) is 30.3 Å². The van der Waals surface area contributed by atoms with Crippen LogP contribution >= 0.6 is 0 Å². The Bertz CT molecular complexity index is 372. The Balaban J connectivity index is 2.59. The first-order valence-electron chi connectivity index (χ1n) is 5.23. The number of carbonyl (C=O) groups excluding carboxylic acids is 1. The predicted molar refractivity (Wildman–Crippen MR) is 64.9 cm³/mol. The zero-order valence-electron chi connectivity index (χ0n) is 9.69.